The highest BCUT2D eigenvalue weighted by Gasteiger charge is 2.15. The fourth-order valence-electron chi connectivity index (χ4n) is 2.39. The van der Waals surface area contributed by atoms with Crippen LogP contribution in [0.5, 0.6) is 0 Å². The molecule has 104 valence electrons. The van der Waals surface area contributed by atoms with E-state index in [9.17, 15) is 0 Å². The van der Waals surface area contributed by atoms with Crippen LogP contribution in [0.1, 0.15) is 32.4 Å². The van der Waals surface area contributed by atoms with Crippen LogP contribution in [0.4, 0.5) is 0 Å². The van der Waals surface area contributed by atoms with Crippen molar-refractivity contribution < 1.29 is 0 Å². The van der Waals surface area contributed by atoms with Crippen LogP contribution in [-0.2, 0) is 13.1 Å². The summed E-state index contributed by atoms with van der Waals surface area (Å²) in [5, 5.41) is 3.55. The van der Waals surface area contributed by atoms with Crippen molar-refractivity contribution >= 4 is 0 Å². The first-order valence-electron chi connectivity index (χ1n) is 7.05. The number of nitrogens with zero attached hydrogens (tertiary/aromatic N) is 3. The van der Waals surface area contributed by atoms with Crippen molar-refractivity contribution in [1.82, 2.24) is 19.4 Å². The van der Waals surface area contributed by atoms with Gasteiger partial charge in [0.15, 0.2) is 0 Å². The molecule has 0 aromatic carbocycles. The van der Waals surface area contributed by atoms with Gasteiger partial charge < -0.3 is 14.5 Å². The van der Waals surface area contributed by atoms with Crippen molar-refractivity contribution in [2.24, 2.45) is 5.92 Å². The van der Waals surface area contributed by atoms with Gasteiger partial charge in [0.2, 0.25) is 0 Å². The molecule has 0 bridgehead atoms. The highest BCUT2D eigenvalue weighted by molar-refractivity contribution is 5.16. The minimum absolute atomic E-state index is 0.444. The van der Waals surface area contributed by atoms with Crippen LogP contribution in [0, 0.1) is 5.92 Å². The van der Waals surface area contributed by atoms with E-state index in [2.05, 4.69) is 58.7 Å². The maximum absolute atomic E-state index is 4.06. The number of nitrogens with one attached hydrogen (secondary N) is 1. The fraction of sp³-hybridized carbons (Fsp3) is 0.533. The Morgan fingerprint density at radius 2 is 2.00 bits per heavy atom. The summed E-state index contributed by atoms with van der Waals surface area (Å²) in [6.07, 6.45) is 10.1. The zero-order valence-corrected chi connectivity index (χ0v) is 12.1. The molecule has 0 aliphatic rings. The van der Waals surface area contributed by atoms with Crippen LogP contribution in [0.2, 0.25) is 0 Å². The van der Waals surface area contributed by atoms with Crippen molar-refractivity contribution in [3.8, 4) is 0 Å². The van der Waals surface area contributed by atoms with E-state index in [0.717, 1.165) is 19.6 Å². The number of aryl methyl sites for hydroxylation is 2. The summed E-state index contributed by atoms with van der Waals surface area (Å²) in [5.74, 6) is 0.601. The predicted molar refractivity (Wildman–Crippen MR) is 77.9 cm³/mol. The third-order valence-corrected chi connectivity index (χ3v) is 3.40. The SMILES string of the molecule is CCNC(c1ccn(CCn2ccnc2)c1)C(C)C. The summed E-state index contributed by atoms with van der Waals surface area (Å²) in [4.78, 5) is 4.06. The molecular weight excluding hydrogens is 236 g/mol. The van der Waals surface area contributed by atoms with Gasteiger partial charge in [-0.15, -0.1) is 0 Å². The molecule has 0 saturated heterocycles. The molecule has 1 unspecified atom stereocenters. The molecule has 0 saturated carbocycles. The van der Waals surface area contributed by atoms with E-state index in [0.29, 0.717) is 12.0 Å². The van der Waals surface area contributed by atoms with E-state index in [-0.39, 0.29) is 0 Å². The molecule has 0 fully saturated rings. The van der Waals surface area contributed by atoms with Crippen LogP contribution in [0.3, 0.4) is 0 Å². The molecule has 1 N–H and O–H groups in total. The molecular formula is C15H24N4. The fourth-order valence-corrected chi connectivity index (χ4v) is 2.39. The largest absolute Gasteiger partial charge is 0.352 e. The number of imidazole rings is 1. The Labute approximate surface area is 115 Å². The van der Waals surface area contributed by atoms with E-state index in [4.69, 9.17) is 0 Å². The molecule has 2 aromatic rings. The van der Waals surface area contributed by atoms with E-state index in [1.807, 2.05) is 18.7 Å². The first-order chi connectivity index (χ1) is 9.20. The van der Waals surface area contributed by atoms with Gasteiger partial charge in [-0.1, -0.05) is 20.8 Å². The lowest BCUT2D eigenvalue weighted by atomic mass is 9.98. The van der Waals surface area contributed by atoms with Crippen LogP contribution in [-0.4, -0.2) is 20.7 Å². The molecule has 0 amide bonds. The Morgan fingerprint density at radius 3 is 2.63 bits per heavy atom. The van der Waals surface area contributed by atoms with E-state index in [1.54, 1.807) is 0 Å². The van der Waals surface area contributed by atoms with Crippen molar-refractivity contribution in [3.63, 3.8) is 0 Å². The molecule has 0 spiro atoms. The van der Waals surface area contributed by atoms with E-state index < -0.39 is 0 Å². The van der Waals surface area contributed by atoms with Gasteiger partial charge in [0, 0.05) is 43.9 Å². The molecule has 19 heavy (non-hydrogen) atoms. The monoisotopic (exact) mass is 260 g/mol. The second-order valence-electron chi connectivity index (χ2n) is 5.26. The average Bonchev–Trinajstić information content (AvgIpc) is 3.04. The van der Waals surface area contributed by atoms with Crippen molar-refractivity contribution in [2.75, 3.05) is 6.54 Å². The summed E-state index contributed by atoms with van der Waals surface area (Å²) in [6, 6.07) is 2.67. The van der Waals surface area contributed by atoms with Gasteiger partial charge in [-0.25, -0.2) is 4.98 Å². The number of hydrogen-bond acceptors (Lipinski definition) is 2. The highest BCUT2D eigenvalue weighted by atomic mass is 15.1. The number of aromatic nitrogens is 3. The maximum Gasteiger partial charge on any atom is 0.0946 e. The summed E-state index contributed by atoms with van der Waals surface area (Å²) in [6.45, 7) is 9.62. The molecule has 1 atom stereocenters. The van der Waals surface area contributed by atoms with Gasteiger partial charge in [-0.3, -0.25) is 0 Å². The lowest BCUT2D eigenvalue weighted by Gasteiger charge is -2.20. The quantitative estimate of drug-likeness (QED) is 0.830. The van der Waals surface area contributed by atoms with Gasteiger partial charge in [-0.2, -0.15) is 0 Å². The standard InChI is InChI=1S/C15H24N4/c1-4-17-15(13(2)3)14-5-7-18(11-14)9-10-19-8-6-16-12-19/h5-8,11-13,15,17H,4,9-10H2,1-3H3. The van der Waals surface area contributed by atoms with Gasteiger partial charge >= 0.3 is 0 Å². The highest BCUT2D eigenvalue weighted by Crippen LogP contribution is 2.21. The van der Waals surface area contributed by atoms with Crippen molar-refractivity contribution in [1.29, 1.82) is 0 Å². The van der Waals surface area contributed by atoms with Crippen molar-refractivity contribution in [2.45, 2.75) is 39.9 Å². The maximum atomic E-state index is 4.06. The third kappa shape index (κ3) is 3.70. The Hall–Kier alpha value is -1.55. The topological polar surface area (TPSA) is 34.8 Å². The summed E-state index contributed by atoms with van der Waals surface area (Å²) < 4.78 is 4.35. The van der Waals surface area contributed by atoms with Crippen molar-refractivity contribution in [3.05, 3.63) is 42.7 Å². The lowest BCUT2D eigenvalue weighted by molar-refractivity contribution is 0.421. The summed E-state index contributed by atoms with van der Waals surface area (Å²) in [7, 11) is 0. The zero-order valence-electron chi connectivity index (χ0n) is 12.1. The molecule has 2 heterocycles. The van der Waals surface area contributed by atoms with Gasteiger partial charge in [0.1, 0.15) is 0 Å². The normalized spacial score (nSPS) is 13.1. The van der Waals surface area contributed by atoms with Gasteiger partial charge in [0.25, 0.3) is 0 Å². The molecule has 4 nitrogen and oxygen atoms in total. The van der Waals surface area contributed by atoms with Crippen LogP contribution in [0.25, 0.3) is 0 Å². The lowest BCUT2D eigenvalue weighted by Crippen LogP contribution is -2.25. The summed E-state index contributed by atoms with van der Waals surface area (Å²) in [5.41, 5.74) is 1.38. The zero-order chi connectivity index (χ0) is 13.7. The van der Waals surface area contributed by atoms with E-state index >= 15 is 0 Å². The molecule has 2 rings (SSSR count). The Kier molecular flexibility index (Phi) is 4.80. The Morgan fingerprint density at radius 1 is 1.21 bits per heavy atom. The molecule has 2 aromatic heterocycles. The second kappa shape index (κ2) is 6.57. The smallest absolute Gasteiger partial charge is 0.0946 e. The van der Waals surface area contributed by atoms with Crippen LogP contribution < -0.4 is 5.32 Å². The average molecular weight is 260 g/mol. The minimum atomic E-state index is 0.444. The third-order valence-electron chi connectivity index (χ3n) is 3.40. The van der Waals surface area contributed by atoms with Crippen LogP contribution >= 0.6 is 0 Å². The molecule has 4 heteroatoms. The first kappa shape index (κ1) is 13.9. The van der Waals surface area contributed by atoms with Gasteiger partial charge in [-0.05, 0) is 24.1 Å². The number of hydrogen-bond donors (Lipinski definition) is 1. The second-order valence-corrected chi connectivity index (χ2v) is 5.26. The summed E-state index contributed by atoms with van der Waals surface area (Å²) >= 11 is 0. The molecule has 0 aliphatic heterocycles. The molecule has 0 radical (unpaired) electrons. The predicted octanol–water partition coefficient (Wildman–Crippen LogP) is 2.69. The van der Waals surface area contributed by atoms with Gasteiger partial charge in [0.05, 0.1) is 6.33 Å². The first-order valence-corrected chi connectivity index (χ1v) is 7.05. The Balaban J connectivity index is 1.97. The van der Waals surface area contributed by atoms with E-state index in [1.165, 1.54) is 5.56 Å². The molecule has 0 aliphatic carbocycles. The Bertz CT molecular complexity index is 470. The number of rotatable bonds is 7. The van der Waals surface area contributed by atoms with Crippen LogP contribution in [0.15, 0.2) is 37.2 Å². The minimum Gasteiger partial charge on any atom is -0.352 e.